The topological polar surface area (TPSA) is 83.6 Å². The zero-order valence-electron chi connectivity index (χ0n) is 11.3. The number of anilines is 1. The largest absolute Gasteiger partial charge is 0.508 e. The fourth-order valence-electron chi connectivity index (χ4n) is 1.85. The molecule has 0 radical (unpaired) electrons. The number of rotatable bonds is 4. The van der Waals surface area contributed by atoms with Gasteiger partial charge in [0.05, 0.1) is 0 Å². The Hall–Kier alpha value is -2.12. The second-order valence-electron chi connectivity index (χ2n) is 4.58. The van der Waals surface area contributed by atoms with Crippen LogP contribution in [0.15, 0.2) is 47.4 Å². The van der Waals surface area contributed by atoms with Gasteiger partial charge in [0.25, 0.3) is 0 Å². The van der Waals surface area contributed by atoms with Gasteiger partial charge in [0.1, 0.15) is 16.5 Å². The number of halogens is 1. The molecule has 0 aliphatic rings. The number of phenolic OH excluding ortho intramolecular Hbond substituents is 1. The van der Waals surface area contributed by atoms with Crippen LogP contribution >= 0.6 is 0 Å². The summed E-state index contributed by atoms with van der Waals surface area (Å²) < 4.78 is 39.4. The molecule has 0 saturated carbocycles. The molecule has 2 aromatic carbocycles. The molecule has 0 bridgehead atoms. The normalized spacial score (nSPS) is 11.8. The second-order valence-corrected chi connectivity index (χ2v) is 6.59. The molecule has 2 rings (SSSR count). The van der Waals surface area contributed by atoms with E-state index in [1.807, 2.05) is 0 Å². The Morgan fingerprint density at radius 1 is 1.24 bits per heavy atom. The monoisotopic (exact) mass is 310 g/mol. The van der Waals surface area contributed by atoms with Crippen LogP contribution in [-0.4, -0.2) is 24.9 Å². The van der Waals surface area contributed by atoms with E-state index in [0.717, 1.165) is 16.4 Å². The molecule has 7 heteroatoms. The maximum absolute atomic E-state index is 13.7. The summed E-state index contributed by atoms with van der Waals surface area (Å²) >= 11 is 0. The number of phenols is 1. The average molecular weight is 310 g/mol. The van der Waals surface area contributed by atoms with Crippen LogP contribution in [0.1, 0.15) is 5.56 Å². The Labute approximate surface area is 122 Å². The smallest absolute Gasteiger partial charge is 0.246 e. The van der Waals surface area contributed by atoms with E-state index < -0.39 is 20.7 Å². The van der Waals surface area contributed by atoms with Crippen LogP contribution in [0.3, 0.4) is 0 Å². The van der Waals surface area contributed by atoms with E-state index in [1.165, 1.54) is 19.2 Å². The number of aromatic hydroxyl groups is 1. The second kappa shape index (κ2) is 5.71. The van der Waals surface area contributed by atoms with E-state index in [4.69, 9.17) is 5.73 Å². The van der Waals surface area contributed by atoms with Crippen molar-refractivity contribution in [2.45, 2.75) is 11.4 Å². The predicted octanol–water partition coefficient (Wildman–Crippen LogP) is 1.93. The molecule has 0 amide bonds. The Morgan fingerprint density at radius 2 is 1.90 bits per heavy atom. The maximum Gasteiger partial charge on any atom is 0.246 e. The minimum Gasteiger partial charge on any atom is -0.508 e. The van der Waals surface area contributed by atoms with Crippen molar-refractivity contribution in [2.24, 2.45) is 0 Å². The Bertz CT molecular complexity index is 763. The molecule has 0 aliphatic carbocycles. The van der Waals surface area contributed by atoms with Gasteiger partial charge in [0.2, 0.25) is 10.0 Å². The van der Waals surface area contributed by atoms with Gasteiger partial charge in [-0.05, 0) is 24.3 Å². The van der Waals surface area contributed by atoms with E-state index >= 15 is 0 Å². The van der Waals surface area contributed by atoms with E-state index in [0.29, 0.717) is 5.56 Å². The standard InChI is InChI=1S/C14H15FN2O3S/c1-17(9-10-4-2-3-5-13(10)18)21(19,20)14-8-11(16)6-7-12(14)15/h2-8,18H,9,16H2,1H3. The van der Waals surface area contributed by atoms with E-state index in [-0.39, 0.29) is 18.0 Å². The van der Waals surface area contributed by atoms with Crippen molar-refractivity contribution >= 4 is 15.7 Å². The van der Waals surface area contributed by atoms with Crippen LogP contribution in [-0.2, 0) is 16.6 Å². The number of sulfonamides is 1. The van der Waals surface area contributed by atoms with Gasteiger partial charge in [0.15, 0.2) is 0 Å². The Balaban J connectivity index is 2.35. The van der Waals surface area contributed by atoms with Crippen LogP contribution in [0.25, 0.3) is 0 Å². The highest BCUT2D eigenvalue weighted by atomic mass is 32.2. The predicted molar refractivity (Wildman–Crippen MR) is 77.6 cm³/mol. The molecule has 0 heterocycles. The molecule has 2 aromatic rings. The lowest BCUT2D eigenvalue weighted by atomic mass is 10.2. The molecule has 0 unspecified atom stereocenters. The van der Waals surface area contributed by atoms with Crippen LogP contribution in [0.4, 0.5) is 10.1 Å². The lowest BCUT2D eigenvalue weighted by molar-refractivity contribution is 0.433. The van der Waals surface area contributed by atoms with Crippen molar-refractivity contribution in [1.29, 1.82) is 0 Å². The molecule has 0 fully saturated rings. The van der Waals surface area contributed by atoms with Gasteiger partial charge in [-0.2, -0.15) is 4.31 Å². The summed E-state index contributed by atoms with van der Waals surface area (Å²) in [7, 11) is -2.73. The fourth-order valence-corrected chi connectivity index (χ4v) is 3.10. The first kappa shape index (κ1) is 15.3. The fraction of sp³-hybridized carbons (Fsp3) is 0.143. The lowest BCUT2D eigenvalue weighted by Gasteiger charge is -2.18. The van der Waals surface area contributed by atoms with Gasteiger partial charge in [-0.15, -0.1) is 0 Å². The summed E-state index contributed by atoms with van der Waals surface area (Å²) in [6, 6.07) is 9.73. The number of hydrogen-bond acceptors (Lipinski definition) is 4. The highest BCUT2D eigenvalue weighted by Crippen LogP contribution is 2.24. The van der Waals surface area contributed by atoms with Gasteiger partial charge in [-0.25, -0.2) is 12.8 Å². The Kier molecular flexibility index (Phi) is 4.15. The zero-order chi connectivity index (χ0) is 15.6. The van der Waals surface area contributed by atoms with Gasteiger partial charge < -0.3 is 10.8 Å². The SMILES string of the molecule is CN(Cc1ccccc1O)S(=O)(=O)c1cc(N)ccc1F. The van der Waals surface area contributed by atoms with Crippen molar-refractivity contribution in [3.63, 3.8) is 0 Å². The molecular weight excluding hydrogens is 295 g/mol. The third-order valence-corrected chi connectivity index (χ3v) is 4.85. The summed E-state index contributed by atoms with van der Waals surface area (Å²) in [6.07, 6.45) is 0. The minimum atomic E-state index is -4.04. The first-order chi connectivity index (χ1) is 9.82. The number of nitrogen functional groups attached to an aromatic ring is 1. The number of benzene rings is 2. The first-order valence-corrected chi connectivity index (χ1v) is 7.54. The molecule has 3 N–H and O–H groups in total. The molecule has 0 aromatic heterocycles. The summed E-state index contributed by atoms with van der Waals surface area (Å²) in [5.74, 6) is -0.888. The molecule has 21 heavy (non-hydrogen) atoms. The van der Waals surface area contributed by atoms with Crippen LogP contribution in [0.2, 0.25) is 0 Å². The third-order valence-electron chi connectivity index (χ3n) is 3.03. The number of para-hydroxylation sites is 1. The number of nitrogens with two attached hydrogens (primary N) is 1. The van der Waals surface area contributed by atoms with Crippen LogP contribution in [0, 0.1) is 5.82 Å². The molecule has 0 spiro atoms. The van der Waals surface area contributed by atoms with Crippen LogP contribution in [0.5, 0.6) is 5.75 Å². The molecule has 5 nitrogen and oxygen atoms in total. The molecular formula is C14H15FN2O3S. The van der Waals surface area contributed by atoms with Crippen molar-refractivity contribution < 1.29 is 17.9 Å². The van der Waals surface area contributed by atoms with Crippen LogP contribution < -0.4 is 5.73 Å². The zero-order valence-corrected chi connectivity index (χ0v) is 12.1. The quantitative estimate of drug-likeness (QED) is 0.845. The average Bonchev–Trinajstić information content (AvgIpc) is 2.43. The van der Waals surface area contributed by atoms with Crippen molar-refractivity contribution in [2.75, 3.05) is 12.8 Å². The van der Waals surface area contributed by atoms with E-state index in [1.54, 1.807) is 18.2 Å². The summed E-state index contributed by atoms with van der Waals surface area (Å²) in [5.41, 5.74) is 6.09. The summed E-state index contributed by atoms with van der Waals surface area (Å²) in [5, 5.41) is 9.68. The maximum atomic E-state index is 13.7. The third kappa shape index (κ3) is 3.14. The Morgan fingerprint density at radius 3 is 2.57 bits per heavy atom. The van der Waals surface area contributed by atoms with Crippen molar-refractivity contribution in [3.8, 4) is 5.75 Å². The van der Waals surface area contributed by atoms with E-state index in [2.05, 4.69) is 0 Å². The van der Waals surface area contributed by atoms with Crippen molar-refractivity contribution in [3.05, 3.63) is 53.8 Å². The van der Waals surface area contributed by atoms with Gasteiger partial charge in [-0.3, -0.25) is 0 Å². The molecule has 0 aliphatic heterocycles. The highest BCUT2D eigenvalue weighted by Gasteiger charge is 2.25. The van der Waals surface area contributed by atoms with Crippen molar-refractivity contribution in [1.82, 2.24) is 4.31 Å². The minimum absolute atomic E-state index is 0.0207. The van der Waals surface area contributed by atoms with E-state index in [9.17, 15) is 17.9 Å². The highest BCUT2D eigenvalue weighted by molar-refractivity contribution is 7.89. The number of hydrogen-bond donors (Lipinski definition) is 2. The number of nitrogens with zero attached hydrogens (tertiary/aromatic N) is 1. The summed E-state index contributed by atoms with van der Waals surface area (Å²) in [6.45, 7) is -0.0801. The van der Waals surface area contributed by atoms with Gasteiger partial charge in [-0.1, -0.05) is 18.2 Å². The summed E-state index contributed by atoms with van der Waals surface area (Å²) in [4.78, 5) is -0.486. The molecule has 0 saturated heterocycles. The van der Waals surface area contributed by atoms with Gasteiger partial charge >= 0.3 is 0 Å². The molecule has 0 atom stereocenters. The lowest BCUT2D eigenvalue weighted by Crippen LogP contribution is -2.27. The van der Waals surface area contributed by atoms with Gasteiger partial charge in [0, 0.05) is 24.8 Å². The molecule has 112 valence electrons. The first-order valence-electron chi connectivity index (χ1n) is 6.10.